The standard InChI is InChI=1S/C22H20N2O/c1-15-11-20-12-16(7-10-21(20)24(15)2)14-23-22(25)19-9-8-17-5-3-4-6-18(17)13-19/h3-13H,14H2,1-2H3,(H,23,25). The summed E-state index contributed by atoms with van der Waals surface area (Å²) in [6.45, 7) is 2.62. The molecule has 0 bridgehead atoms. The van der Waals surface area contributed by atoms with Crippen LogP contribution in [-0.2, 0) is 13.6 Å². The van der Waals surface area contributed by atoms with Gasteiger partial charge in [-0.15, -0.1) is 0 Å². The minimum atomic E-state index is -0.0462. The number of amides is 1. The number of benzene rings is 3. The molecule has 3 nitrogen and oxygen atoms in total. The van der Waals surface area contributed by atoms with Gasteiger partial charge >= 0.3 is 0 Å². The molecule has 1 amide bonds. The zero-order valence-electron chi connectivity index (χ0n) is 14.4. The fraction of sp³-hybridized carbons (Fsp3) is 0.136. The van der Waals surface area contributed by atoms with Crippen molar-refractivity contribution < 1.29 is 4.79 Å². The summed E-state index contributed by atoms with van der Waals surface area (Å²) in [7, 11) is 2.07. The molecule has 0 saturated carbocycles. The smallest absolute Gasteiger partial charge is 0.251 e. The SMILES string of the molecule is Cc1cc2cc(CNC(=O)c3ccc4ccccc4c3)ccc2n1C. The highest BCUT2D eigenvalue weighted by molar-refractivity contribution is 5.98. The largest absolute Gasteiger partial charge is 0.348 e. The number of rotatable bonds is 3. The molecule has 0 saturated heterocycles. The number of hydrogen-bond acceptors (Lipinski definition) is 1. The van der Waals surface area contributed by atoms with Gasteiger partial charge in [-0.2, -0.15) is 0 Å². The Morgan fingerprint density at radius 3 is 2.56 bits per heavy atom. The number of nitrogens with one attached hydrogen (secondary N) is 1. The number of aromatic nitrogens is 1. The van der Waals surface area contributed by atoms with Gasteiger partial charge in [0, 0.05) is 35.8 Å². The van der Waals surface area contributed by atoms with E-state index in [0.29, 0.717) is 12.1 Å². The van der Waals surface area contributed by atoms with Crippen molar-refractivity contribution in [3.63, 3.8) is 0 Å². The third-order valence-electron chi connectivity index (χ3n) is 4.81. The fourth-order valence-electron chi connectivity index (χ4n) is 3.26. The molecule has 0 spiro atoms. The van der Waals surface area contributed by atoms with Crippen LogP contribution in [0, 0.1) is 6.92 Å². The Morgan fingerprint density at radius 2 is 1.72 bits per heavy atom. The highest BCUT2D eigenvalue weighted by Crippen LogP contribution is 2.20. The average molecular weight is 328 g/mol. The zero-order valence-corrected chi connectivity index (χ0v) is 14.4. The quantitative estimate of drug-likeness (QED) is 0.587. The molecule has 124 valence electrons. The molecule has 3 aromatic carbocycles. The summed E-state index contributed by atoms with van der Waals surface area (Å²) in [5, 5.41) is 6.45. The van der Waals surface area contributed by atoms with E-state index in [4.69, 9.17) is 0 Å². The van der Waals surface area contributed by atoms with Crippen molar-refractivity contribution >= 4 is 27.6 Å². The maximum Gasteiger partial charge on any atom is 0.251 e. The maximum atomic E-state index is 12.5. The van der Waals surface area contributed by atoms with E-state index in [2.05, 4.69) is 48.1 Å². The normalized spacial score (nSPS) is 11.1. The van der Waals surface area contributed by atoms with E-state index in [9.17, 15) is 4.79 Å². The van der Waals surface area contributed by atoms with Crippen LogP contribution in [0.25, 0.3) is 21.7 Å². The van der Waals surface area contributed by atoms with Crippen molar-refractivity contribution in [1.82, 2.24) is 9.88 Å². The number of carbonyl (C=O) groups excluding carboxylic acids is 1. The van der Waals surface area contributed by atoms with E-state index in [1.807, 2.05) is 42.5 Å². The molecule has 4 aromatic rings. The molecule has 0 fully saturated rings. The molecule has 0 unspecified atom stereocenters. The van der Waals surface area contributed by atoms with E-state index in [1.54, 1.807) is 0 Å². The molecular weight excluding hydrogens is 308 g/mol. The minimum absolute atomic E-state index is 0.0462. The first-order valence-corrected chi connectivity index (χ1v) is 8.44. The summed E-state index contributed by atoms with van der Waals surface area (Å²) in [5.74, 6) is -0.0462. The summed E-state index contributed by atoms with van der Waals surface area (Å²) in [4.78, 5) is 12.5. The van der Waals surface area contributed by atoms with E-state index in [0.717, 1.165) is 16.3 Å². The Kier molecular flexibility index (Phi) is 3.77. The Balaban J connectivity index is 1.52. The van der Waals surface area contributed by atoms with Crippen molar-refractivity contribution in [2.24, 2.45) is 7.05 Å². The van der Waals surface area contributed by atoms with E-state index < -0.39 is 0 Å². The van der Waals surface area contributed by atoms with Crippen LogP contribution in [0.1, 0.15) is 21.6 Å². The predicted molar refractivity (Wildman–Crippen MR) is 103 cm³/mol. The van der Waals surface area contributed by atoms with Crippen LogP contribution in [0.4, 0.5) is 0 Å². The molecule has 1 aromatic heterocycles. The number of fused-ring (bicyclic) bond motifs is 2. The molecule has 25 heavy (non-hydrogen) atoms. The van der Waals surface area contributed by atoms with Crippen molar-refractivity contribution in [3.8, 4) is 0 Å². The van der Waals surface area contributed by atoms with Crippen LogP contribution in [0.5, 0.6) is 0 Å². The summed E-state index contributed by atoms with van der Waals surface area (Å²) in [5.41, 5.74) is 4.23. The van der Waals surface area contributed by atoms with E-state index in [-0.39, 0.29) is 5.91 Å². The third-order valence-corrected chi connectivity index (χ3v) is 4.81. The first kappa shape index (κ1) is 15.5. The van der Waals surface area contributed by atoms with Gasteiger partial charge < -0.3 is 9.88 Å². The molecule has 0 atom stereocenters. The van der Waals surface area contributed by atoms with Crippen LogP contribution >= 0.6 is 0 Å². The van der Waals surface area contributed by atoms with Crippen LogP contribution < -0.4 is 5.32 Å². The molecule has 0 aliphatic heterocycles. The Bertz CT molecular complexity index is 1090. The Hall–Kier alpha value is -3.07. The third kappa shape index (κ3) is 2.89. The first-order valence-electron chi connectivity index (χ1n) is 8.44. The molecule has 3 heteroatoms. The molecule has 0 radical (unpaired) electrons. The van der Waals surface area contributed by atoms with Gasteiger partial charge in [-0.25, -0.2) is 0 Å². The second-order valence-corrected chi connectivity index (χ2v) is 6.48. The number of hydrogen-bond donors (Lipinski definition) is 1. The van der Waals surface area contributed by atoms with Gasteiger partial charge in [0.15, 0.2) is 0 Å². The van der Waals surface area contributed by atoms with Crippen molar-refractivity contribution in [2.45, 2.75) is 13.5 Å². The summed E-state index contributed by atoms with van der Waals surface area (Å²) in [6, 6.07) is 22.4. The minimum Gasteiger partial charge on any atom is -0.348 e. The van der Waals surface area contributed by atoms with Gasteiger partial charge in [-0.1, -0.05) is 36.4 Å². The summed E-state index contributed by atoms with van der Waals surface area (Å²) < 4.78 is 2.17. The molecule has 1 N–H and O–H groups in total. The van der Waals surface area contributed by atoms with E-state index >= 15 is 0 Å². The van der Waals surface area contributed by atoms with Gasteiger partial charge in [0.25, 0.3) is 5.91 Å². The zero-order chi connectivity index (χ0) is 17.4. The topological polar surface area (TPSA) is 34.0 Å². The second-order valence-electron chi connectivity index (χ2n) is 6.48. The van der Waals surface area contributed by atoms with Crippen molar-refractivity contribution in [1.29, 1.82) is 0 Å². The highest BCUT2D eigenvalue weighted by Gasteiger charge is 2.07. The van der Waals surface area contributed by atoms with Gasteiger partial charge in [0.2, 0.25) is 0 Å². The molecule has 0 aliphatic carbocycles. The van der Waals surface area contributed by atoms with Crippen LogP contribution in [0.2, 0.25) is 0 Å². The lowest BCUT2D eigenvalue weighted by molar-refractivity contribution is 0.0951. The molecule has 1 heterocycles. The maximum absolute atomic E-state index is 12.5. The predicted octanol–water partition coefficient (Wildman–Crippen LogP) is 4.57. The van der Waals surface area contributed by atoms with Crippen LogP contribution in [-0.4, -0.2) is 10.5 Å². The lowest BCUT2D eigenvalue weighted by atomic mass is 10.1. The van der Waals surface area contributed by atoms with Gasteiger partial charge in [0.05, 0.1) is 0 Å². The molecular formula is C22H20N2O. The lowest BCUT2D eigenvalue weighted by Gasteiger charge is -2.07. The van der Waals surface area contributed by atoms with Gasteiger partial charge in [-0.3, -0.25) is 4.79 Å². The molecule has 0 aliphatic rings. The highest BCUT2D eigenvalue weighted by atomic mass is 16.1. The Labute approximate surface area is 146 Å². The first-order chi connectivity index (χ1) is 12.1. The number of nitrogens with zero attached hydrogens (tertiary/aromatic N) is 1. The van der Waals surface area contributed by atoms with Gasteiger partial charge in [0.1, 0.15) is 0 Å². The number of carbonyl (C=O) groups is 1. The van der Waals surface area contributed by atoms with Crippen LogP contribution in [0.15, 0.2) is 66.7 Å². The van der Waals surface area contributed by atoms with Crippen molar-refractivity contribution in [2.75, 3.05) is 0 Å². The summed E-state index contributed by atoms with van der Waals surface area (Å²) in [6.07, 6.45) is 0. The number of aryl methyl sites for hydroxylation is 2. The van der Waals surface area contributed by atoms with Gasteiger partial charge in [-0.05, 0) is 53.6 Å². The van der Waals surface area contributed by atoms with Crippen LogP contribution in [0.3, 0.4) is 0 Å². The lowest BCUT2D eigenvalue weighted by Crippen LogP contribution is -2.22. The fourth-order valence-corrected chi connectivity index (χ4v) is 3.26. The van der Waals surface area contributed by atoms with E-state index in [1.165, 1.54) is 16.6 Å². The second kappa shape index (κ2) is 6.10. The average Bonchev–Trinajstić information content (AvgIpc) is 2.93. The van der Waals surface area contributed by atoms with Crippen molar-refractivity contribution in [3.05, 3.63) is 83.6 Å². The summed E-state index contributed by atoms with van der Waals surface area (Å²) >= 11 is 0. The monoisotopic (exact) mass is 328 g/mol. The Morgan fingerprint density at radius 1 is 0.920 bits per heavy atom. The molecule has 4 rings (SSSR count).